The summed E-state index contributed by atoms with van der Waals surface area (Å²) in [5.74, 6) is 0.442. The molecular weight excluding hydrogens is 276 g/mol. The van der Waals surface area contributed by atoms with Crippen LogP contribution in [-0.4, -0.2) is 47.2 Å². The summed E-state index contributed by atoms with van der Waals surface area (Å²) in [5, 5.41) is 14.3. The number of nitro groups is 1. The summed E-state index contributed by atoms with van der Waals surface area (Å²) in [6.45, 7) is 6.11. The number of morpholine rings is 1. The van der Waals surface area contributed by atoms with Crippen molar-refractivity contribution in [3.8, 4) is 0 Å². The fraction of sp³-hybridized carbons (Fsp3) is 0.667. The molecule has 0 aliphatic carbocycles. The monoisotopic (exact) mass is 296 g/mol. The highest BCUT2D eigenvalue weighted by atomic mass is 16.6. The van der Waals surface area contributed by atoms with Crippen LogP contribution in [0.15, 0.2) is 0 Å². The van der Waals surface area contributed by atoms with Gasteiger partial charge >= 0.3 is 5.69 Å². The Kier molecular flexibility index (Phi) is 4.73. The second-order valence-corrected chi connectivity index (χ2v) is 4.91. The number of nitrogen functional groups attached to an aromatic ring is 1. The van der Waals surface area contributed by atoms with E-state index < -0.39 is 4.92 Å². The predicted octanol–water partition coefficient (Wildman–Crippen LogP) is 1.01. The number of nitrogens with two attached hydrogens (primary N) is 1. The van der Waals surface area contributed by atoms with Gasteiger partial charge in [-0.05, 0) is 13.3 Å². The predicted molar refractivity (Wildman–Crippen MR) is 79.5 cm³/mol. The molecule has 116 valence electrons. The molecule has 0 saturated carbocycles. The lowest BCUT2D eigenvalue weighted by Crippen LogP contribution is -2.37. The average Bonchev–Trinajstić information content (AvgIpc) is 2.47. The minimum atomic E-state index is -0.535. The lowest BCUT2D eigenvalue weighted by Gasteiger charge is -2.27. The highest BCUT2D eigenvalue weighted by Gasteiger charge is 2.28. The van der Waals surface area contributed by atoms with Crippen molar-refractivity contribution in [3.63, 3.8) is 0 Å². The molecule has 3 N–H and O–H groups in total. The molecule has 0 radical (unpaired) electrons. The third-order valence-corrected chi connectivity index (χ3v) is 3.37. The van der Waals surface area contributed by atoms with Crippen LogP contribution in [0.25, 0.3) is 0 Å². The van der Waals surface area contributed by atoms with Crippen LogP contribution in [0.3, 0.4) is 0 Å². The first-order valence-electron chi connectivity index (χ1n) is 6.94. The van der Waals surface area contributed by atoms with Gasteiger partial charge in [-0.25, -0.2) is 0 Å². The van der Waals surface area contributed by atoms with Gasteiger partial charge < -0.3 is 20.7 Å². The lowest BCUT2D eigenvalue weighted by atomic mass is 10.3. The zero-order valence-electron chi connectivity index (χ0n) is 12.2. The fourth-order valence-corrected chi connectivity index (χ4v) is 2.02. The topological polar surface area (TPSA) is 119 Å². The fourth-order valence-electron chi connectivity index (χ4n) is 2.02. The molecule has 1 saturated heterocycles. The van der Waals surface area contributed by atoms with Gasteiger partial charge in [0.25, 0.3) is 0 Å². The molecule has 2 heterocycles. The van der Waals surface area contributed by atoms with Crippen molar-refractivity contribution in [2.75, 3.05) is 42.3 Å². The van der Waals surface area contributed by atoms with E-state index in [9.17, 15) is 10.1 Å². The van der Waals surface area contributed by atoms with E-state index in [0.717, 1.165) is 6.42 Å². The Balaban J connectivity index is 2.39. The van der Waals surface area contributed by atoms with Crippen molar-refractivity contribution in [2.24, 2.45) is 0 Å². The molecule has 0 unspecified atom stereocenters. The van der Waals surface area contributed by atoms with Gasteiger partial charge in [-0.15, -0.1) is 0 Å². The maximum atomic E-state index is 11.2. The summed E-state index contributed by atoms with van der Waals surface area (Å²) in [6.07, 6.45) is 0.882. The Morgan fingerprint density at radius 3 is 2.71 bits per heavy atom. The average molecular weight is 296 g/mol. The van der Waals surface area contributed by atoms with E-state index >= 15 is 0 Å². The van der Waals surface area contributed by atoms with Crippen LogP contribution in [0.2, 0.25) is 0 Å². The van der Waals surface area contributed by atoms with Crippen molar-refractivity contribution in [1.82, 2.24) is 9.97 Å². The van der Waals surface area contributed by atoms with Crippen LogP contribution >= 0.6 is 0 Å². The van der Waals surface area contributed by atoms with Gasteiger partial charge in [-0.3, -0.25) is 10.1 Å². The first kappa shape index (κ1) is 15.2. The Bertz CT molecular complexity index is 518. The quantitative estimate of drug-likeness (QED) is 0.610. The molecule has 1 aliphatic rings. The van der Waals surface area contributed by atoms with E-state index in [-0.39, 0.29) is 23.4 Å². The number of nitrogens with one attached hydrogen (secondary N) is 1. The van der Waals surface area contributed by atoms with Crippen molar-refractivity contribution in [1.29, 1.82) is 0 Å². The molecule has 0 bridgehead atoms. The van der Waals surface area contributed by atoms with Crippen LogP contribution in [0.4, 0.5) is 23.3 Å². The van der Waals surface area contributed by atoms with Gasteiger partial charge in [0.05, 0.1) is 18.1 Å². The molecule has 9 heteroatoms. The maximum absolute atomic E-state index is 11.2. The maximum Gasteiger partial charge on any atom is 0.353 e. The van der Waals surface area contributed by atoms with Crippen LogP contribution in [0.1, 0.15) is 20.3 Å². The summed E-state index contributed by atoms with van der Waals surface area (Å²) in [4.78, 5) is 20.8. The van der Waals surface area contributed by atoms with Crippen molar-refractivity contribution in [3.05, 3.63) is 10.1 Å². The number of rotatable bonds is 5. The molecule has 1 aromatic heterocycles. The van der Waals surface area contributed by atoms with E-state index in [4.69, 9.17) is 10.5 Å². The molecule has 9 nitrogen and oxygen atoms in total. The van der Waals surface area contributed by atoms with Crippen molar-refractivity contribution >= 4 is 23.3 Å². The number of aromatic nitrogens is 2. The molecule has 1 aromatic rings. The Morgan fingerprint density at radius 2 is 2.14 bits per heavy atom. The normalized spacial score (nSPS) is 16.6. The van der Waals surface area contributed by atoms with E-state index in [1.165, 1.54) is 0 Å². The van der Waals surface area contributed by atoms with Gasteiger partial charge in [0.2, 0.25) is 17.6 Å². The van der Waals surface area contributed by atoms with Crippen molar-refractivity contribution < 1.29 is 9.66 Å². The molecule has 2 rings (SSSR count). The number of hydrogen-bond donors (Lipinski definition) is 2. The number of hydrogen-bond acceptors (Lipinski definition) is 8. The Labute approximate surface area is 122 Å². The molecule has 0 aromatic carbocycles. The van der Waals surface area contributed by atoms with Gasteiger partial charge in [-0.2, -0.15) is 9.97 Å². The van der Waals surface area contributed by atoms with Crippen LogP contribution in [0, 0.1) is 10.1 Å². The van der Waals surface area contributed by atoms with Gasteiger partial charge in [0.15, 0.2) is 0 Å². The summed E-state index contributed by atoms with van der Waals surface area (Å²) in [6, 6.07) is 0.156. The molecule has 1 aliphatic heterocycles. The standard InChI is InChI=1S/C12H20N6O3/c1-3-8(2)14-12-15-10(13)9(18(19)20)11(16-12)17-4-6-21-7-5-17/h8H,3-7H2,1-2H3,(H3,13,14,15,16)/t8-/m0/s1. The van der Waals surface area contributed by atoms with Crippen LogP contribution in [0.5, 0.6) is 0 Å². The first-order chi connectivity index (χ1) is 10.0. The summed E-state index contributed by atoms with van der Waals surface area (Å²) >= 11 is 0. The van der Waals surface area contributed by atoms with Crippen molar-refractivity contribution in [2.45, 2.75) is 26.3 Å². The Morgan fingerprint density at radius 1 is 1.48 bits per heavy atom. The number of nitrogens with zero attached hydrogens (tertiary/aromatic N) is 4. The van der Waals surface area contributed by atoms with E-state index in [0.29, 0.717) is 32.3 Å². The second-order valence-electron chi connectivity index (χ2n) is 4.91. The first-order valence-corrected chi connectivity index (χ1v) is 6.94. The van der Waals surface area contributed by atoms with Gasteiger partial charge in [0.1, 0.15) is 0 Å². The number of anilines is 3. The SMILES string of the molecule is CC[C@H](C)Nc1nc(N)c([N+](=O)[O-])c(N2CCOCC2)n1. The minimum Gasteiger partial charge on any atom is -0.378 e. The van der Waals surface area contributed by atoms with E-state index in [2.05, 4.69) is 15.3 Å². The van der Waals surface area contributed by atoms with Gasteiger partial charge in [0, 0.05) is 19.1 Å². The molecule has 1 fully saturated rings. The minimum absolute atomic E-state index is 0.123. The summed E-state index contributed by atoms with van der Waals surface area (Å²) in [5.41, 5.74) is 5.51. The Hall–Kier alpha value is -2.16. The second kappa shape index (κ2) is 6.53. The largest absolute Gasteiger partial charge is 0.378 e. The van der Waals surface area contributed by atoms with E-state index in [1.54, 1.807) is 0 Å². The smallest absolute Gasteiger partial charge is 0.353 e. The zero-order valence-corrected chi connectivity index (χ0v) is 12.2. The van der Waals surface area contributed by atoms with E-state index in [1.807, 2.05) is 18.7 Å². The molecule has 0 spiro atoms. The molecular formula is C12H20N6O3. The van der Waals surface area contributed by atoms with Gasteiger partial charge in [-0.1, -0.05) is 6.92 Å². The highest BCUT2D eigenvalue weighted by molar-refractivity contribution is 5.71. The zero-order chi connectivity index (χ0) is 15.4. The van der Waals surface area contributed by atoms with Crippen LogP contribution < -0.4 is 16.0 Å². The molecule has 21 heavy (non-hydrogen) atoms. The summed E-state index contributed by atoms with van der Waals surface area (Å²) in [7, 11) is 0. The molecule has 1 atom stereocenters. The number of ether oxygens (including phenoxy) is 1. The molecule has 0 amide bonds. The lowest BCUT2D eigenvalue weighted by molar-refractivity contribution is -0.383. The third-order valence-electron chi connectivity index (χ3n) is 3.37. The third kappa shape index (κ3) is 3.48. The summed E-state index contributed by atoms with van der Waals surface area (Å²) < 4.78 is 5.26. The highest BCUT2D eigenvalue weighted by Crippen LogP contribution is 2.32. The van der Waals surface area contributed by atoms with Crippen LogP contribution in [-0.2, 0) is 4.74 Å².